The van der Waals surface area contributed by atoms with Crippen LogP contribution in [0.4, 0.5) is 0 Å². The van der Waals surface area contributed by atoms with Crippen molar-refractivity contribution in [3.63, 3.8) is 0 Å². The molecule has 0 saturated heterocycles. The summed E-state index contributed by atoms with van der Waals surface area (Å²) >= 11 is 0. The molecule has 2 aromatic carbocycles. The zero-order chi connectivity index (χ0) is 15.6. The number of ether oxygens (including phenoxy) is 2. The van der Waals surface area contributed by atoms with Gasteiger partial charge in [-0.1, -0.05) is 30.3 Å². The third-order valence-electron chi connectivity index (χ3n) is 3.84. The van der Waals surface area contributed by atoms with Crippen LogP contribution in [0.2, 0.25) is 0 Å². The lowest BCUT2D eigenvalue weighted by Gasteiger charge is -2.26. The first-order valence-electron chi connectivity index (χ1n) is 7.50. The van der Waals surface area contributed by atoms with Gasteiger partial charge in [0.25, 0.3) is 0 Å². The van der Waals surface area contributed by atoms with Crippen molar-refractivity contribution in [1.82, 2.24) is 0 Å². The maximum Gasteiger partial charge on any atom is 0.162 e. The highest BCUT2D eigenvalue weighted by atomic mass is 16.5. The Balaban J connectivity index is 1.85. The van der Waals surface area contributed by atoms with Gasteiger partial charge in [-0.15, -0.1) is 0 Å². The Hall–Kier alpha value is -2.29. The molecule has 2 aromatic rings. The molecule has 0 N–H and O–H groups in total. The van der Waals surface area contributed by atoms with Gasteiger partial charge in [0.05, 0.1) is 12.6 Å². The normalized spacial score (nSPS) is 15.2. The van der Waals surface area contributed by atoms with Crippen molar-refractivity contribution in [1.29, 1.82) is 0 Å². The van der Waals surface area contributed by atoms with E-state index in [4.69, 9.17) is 9.47 Å². The van der Waals surface area contributed by atoms with E-state index in [0.29, 0.717) is 6.61 Å². The third-order valence-corrected chi connectivity index (χ3v) is 3.84. The molecule has 0 amide bonds. The lowest BCUT2D eigenvalue weighted by atomic mass is 9.89. The van der Waals surface area contributed by atoms with Crippen molar-refractivity contribution < 1.29 is 9.47 Å². The Morgan fingerprint density at radius 2 is 1.86 bits per heavy atom. The predicted octanol–water partition coefficient (Wildman–Crippen LogP) is 4.03. The van der Waals surface area contributed by atoms with Crippen LogP contribution in [0, 0.1) is 0 Å². The number of hydrogen-bond donors (Lipinski definition) is 0. The Morgan fingerprint density at radius 1 is 1.09 bits per heavy atom. The number of aliphatic imine (C=N–C) groups is 1. The monoisotopic (exact) mass is 295 g/mol. The van der Waals surface area contributed by atoms with E-state index in [1.165, 1.54) is 5.56 Å². The van der Waals surface area contributed by atoms with Gasteiger partial charge in [0, 0.05) is 6.21 Å². The molecule has 22 heavy (non-hydrogen) atoms. The van der Waals surface area contributed by atoms with E-state index >= 15 is 0 Å². The summed E-state index contributed by atoms with van der Waals surface area (Å²) in [6, 6.07) is 14.2. The van der Waals surface area contributed by atoms with Crippen LogP contribution < -0.4 is 9.47 Å². The molecule has 0 bridgehead atoms. The molecule has 1 aliphatic rings. The van der Waals surface area contributed by atoms with Crippen molar-refractivity contribution in [3.05, 3.63) is 59.2 Å². The van der Waals surface area contributed by atoms with Gasteiger partial charge in [0.15, 0.2) is 11.5 Å². The molecule has 0 aromatic heterocycles. The topological polar surface area (TPSA) is 30.8 Å². The van der Waals surface area contributed by atoms with Gasteiger partial charge in [-0.05, 0) is 49.1 Å². The van der Waals surface area contributed by atoms with Gasteiger partial charge in [0.1, 0.15) is 6.61 Å². The van der Waals surface area contributed by atoms with Crippen molar-refractivity contribution in [2.24, 2.45) is 4.99 Å². The van der Waals surface area contributed by atoms with E-state index in [1.807, 2.05) is 30.5 Å². The second-order valence-corrected chi connectivity index (χ2v) is 6.22. The standard InChI is InChI=1S/C19H21NO2/c1-19(2)11-15-9-17(21-3)18(10-16(15)12-20-19)22-13-14-7-5-4-6-8-14/h4-10,12H,11,13H2,1-3H3. The molecule has 3 nitrogen and oxygen atoms in total. The Morgan fingerprint density at radius 3 is 2.59 bits per heavy atom. The zero-order valence-corrected chi connectivity index (χ0v) is 13.3. The highest BCUT2D eigenvalue weighted by Crippen LogP contribution is 2.34. The first kappa shape index (κ1) is 14.6. The zero-order valence-electron chi connectivity index (χ0n) is 13.3. The first-order valence-corrected chi connectivity index (χ1v) is 7.50. The maximum absolute atomic E-state index is 5.95. The predicted molar refractivity (Wildman–Crippen MR) is 89.1 cm³/mol. The number of fused-ring (bicyclic) bond motifs is 1. The average Bonchev–Trinajstić information content (AvgIpc) is 2.52. The van der Waals surface area contributed by atoms with Gasteiger partial charge in [-0.3, -0.25) is 4.99 Å². The summed E-state index contributed by atoms with van der Waals surface area (Å²) in [5.74, 6) is 1.54. The number of methoxy groups -OCH3 is 1. The number of hydrogen-bond acceptors (Lipinski definition) is 3. The highest BCUT2D eigenvalue weighted by molar-refractivity contribution is 5.85. The number of nitrogens with zero attached hydrogens (tertiary/aromatic N) is 1. The minimum absolute atomic E-state index is 0.0512. The fraction of sp³-hybridized carbons (Fsp3) is 0.316. The van der Waals surface area contributed by atoms with Crippen LogP contribution >= 0.6 is 0 Å². The van der Waals surface area contributed by atoms with Crippen LogP contribution in [-0.2, 0) is 13.0 Å². The average molecular weight is 295 g/mol. The number of benzene rings is 2. The van der Waals surface area contributed by atoms with Gasteiger partial charge >= 0.3 is 0 Å². The van der Waals surface area contributed by atoms with E-state index in [2.05, 4.69) is 37.0 Å². The molecule has 0 saturated carbocycles. The lowest BCUT2D eigenvalue weighted by Crippen LogP contribution is -2.25. The molecule has 0 spiro atoms. The highest BCUT2D eigenvalue weighted by Gasteiger charge is 2.23. The molecule has 1 aliphatic heterocycles. The minimum atomic E-state index is -0.0512. The molecule has 0 fully saturated rings. The summed E-state index contributed by atoms with van der Waals surface area (Å²) in [5.41, 5.74) is 3.45. The second kappa shape index (κ2) is 5.84. The SMILES string of the molecule is COc1cc2c(cc1OCc1ccccc1)C=NC(C)(C)C2. The van der Waals surface area contributed by atoms with Crippen molar-refractivity contribution in [2.75, 3.05) is 7.11 Å². The molecule has 3 rings (SSSR count). The second-order valence-electron chi connectivity index (χ2n) is 6.22. The van der Waals surface area contributed by atoms with E-state index in [-0.39, 0.29) is 5.54 Å². The van der Waals surface area contributed by atoms with Crippen LogP contribution in [0.5, 0.6) is 11.5 Å². The van der Waals surface area contributed by atoms with Crippen LogP contribution in [0.15, 0.2) is 47.5 Å². The molecule has 3 heteroatoms. The van der Waals surface area contributed by atoms with Gasteiger partial charge < -0.3 is 9.47 Å². The smallest absolute Gasteiger partial charge is 0.162 e. The van der Waals surface area contributed by atoms with Gasteiger partial charge in [-0.25, -0.2) is 0 Å². The molecular formula is C19H21NO2. The first-order chi connectivity index (χ1) is 10.6. The Labute approximate surface area is 131 Å². The van der Waals surface area contributed by atoms with E-state index in [1.54, 1.807) is 7.11 Å². The van der Waals surface area contributed by atoms with E-state index < -0.39 is 0 Å². The summed E-state index contributed by atoms with van der Waals surface area (Å²) in [7, 11) is 1.68. The molecule has 1 heterocycles. The number of rotatable bonds is 4. The Bertz CT molecular complexity index is 690. The van der Waals surface area contributed by atoms with E-state index in [0.717, 1.165) is 29.0 Å². The van der Waals surface area contributed by atoms with Crippen LogP contribution in [0.1, 0.15) is 30.5 Å². The quantitative estimate of drug-likeness (QED) is 0.852. The summed E-state index contributed by atoms with van der Waals surface area (Å²) < 4.78 is 11.4. The maximum atomic E-state index is 5.95. The molecule has 0 atom stereocenters. The fourth-order valence-corrected chi connectivity index (χ4v) is 2.65. The van der Waals surface area contributed by atoms with Gasteiger partial charge in [0.2, 0.25) is 0 Å². The van der Waals surface area contributed by atoms with Gasteiger partial charge in [-0.2, -0.15) is 0 Å². The fourth-order valence-electron chi connectivity index (χ4n) is 2.65. The van der Waals surface area contributed by atoms with Crippen molar-refractivity contribution >= 4 is 6.21 Å². The van der Waals surface area contributed by atoms with Crippen LogP contribution in [0.25, 0.3) is 0 Å². The summed E-state index contributed by atoms with van der Waals surface area (Å²) in [5, 5.41) is 0. The van der Waals surface area contributed by atoms with Crippen molar-refractivity contribution in [3.8, 4) is 11.5 Å². The van der Waals surface area contributed by atoms with Crippen LogP contribution in [0.3, 0.4) is 0 Å². The summed E-state index contributed by atoms with van der Waals surface area (Å²) in [6.45, 7) is 4.80. The third kappa shape index (κ3) is 3.14. The van der Waals surface area contributed by atoms with Crippen LogP contribution in [-0.4, -0.2) is 18.9 Å². The minimum Gasteiger partial charge on any atom is -0.493 e. The molecule has 0 aliphatic carbocycles. The molecule has 114 valence electrons. The Kier molecular flexibility index (Phi) is 3.88. The molecule has 0 radical (unpaired) electrons. The molecular weight excluding hydrogens is 274 g/mol. The summed E-state index contributed by atoms with van der Waals surface area (Å²) in [4.78, 5) is 4.60. The van der Waals surface area contributed by atoms with Crippen molar-refractivity contribution in [2.45, 2.75) is 32.4 Å². The lowest BCUT2D eigenvalue weighted by molar-refractivity contribution is 0.284. The largest absolute Gasteiger partial charge is 0.493 e. The van der Waals surface area contributed by atoms with E-state index in [9.17, 15) is 0 Å². The molecule has 0 unspecified atom stereocenters. The summed E-state index contributed by atoms with van der Waals surface area (Å²) in [6.07, 6.45) is 2.85.